The fourth-order valence-electron chi connectivity index (χ4n) is 2.45. The molecule has 136 valence electrons. The van der Waals surface area contributed by atoms with E-state index >= 15 is 0 Å². The predicted octanol–water partition coefficient (Wildman–Crippen LogP) is 4.62. The predicted molar refractivity (Wildman–Crippen MR) is 101 cm³/mol. The topological polar surface area (TPSA) is 60.7 Å². The van der Waals surface area contributed by atoms with Crippen LogP contribution in [-0.2, 0) is 9.53 Å². The second-order valence-corrected chi connectivity index (χ2v) is 6.42. The Balaban J connectivity index is 1.55. The zero-order valence-electron chi connectivity index (χ0n) is 14.0. The normalized spacial score (nSPS) is 12.1. The van der Waals surface area contributed by atoms with Crippen LogP contribution in [0.25, 0.3) is 11.0 Å². The second-order valence-electron chi connectivity index (χ2n) is 5.58. The lowest BCUT2D eigenvalue weighted by Gasteiger charge is -2.14. The number of carbonyl (C=O) groups excluding carboxylic acids is 1. The van der Waals surface area contributed by atoms with Gasteiger partial charge in [0.25, 0.3) is 5.91 Å². The van der Waals surface area contributed by atoms with Crippen molar-refractivity contribution in [1.82, 2.24) is 5.32 Å². The maximum atomic E-state index is 12.0. The van der Waals surface area contributed by atoms with Gasteiger partial charge in [0, 0.05) is 17.5 Å². The van der Waals surface area contributed by atoms with E-state index in [2.05, 4.69) is 5.32 Å². The van der Waals surface area contributed by atoms with Crippen LogP contribution in [0.15, 0.2) is 52.9 Å². The van der Waals surface area contributed by atoms with Gasteiger partial charge in [0.05, 0.1) is 11.6 Å². The van der Waals surface area contributed by atoms with Gasteiger partial charge in [-0.15, -0.1) is 0 Å². The number of hydrogen-bond donors (Lipinski definition) is 1. The summed E-state index contributed by atoms with van der Waals surface area (Å²) in [5, 5.41) is 4.59. The Labute approximate surface area is 160 Å². The summed E-state index contributed by atoms with van der Waals surface area (Å²) in [7, 11) is 1.56. The average molecular weight is 394 g/mol. The first-order valence-electron chi connectivity index (χ1n) is 7.92. The molecule has 1 N–H and O–H groups in total. The SMILES string of the molecule is CO[C@@H](CNC(=O)COc1ccc(Cl)cc1Cl)c1cc2ccccc2o1. The summed E-state index contributed by atoms with van der Waals surface area (Å²) in [4.78, 5) is 12.0. The van der Waals surface area contributed by atoms with Crippen LogP contribution in [0.1, 0.15) is 11.9 Å². The number of hydrogen-bond acceptors (Lipinski definition) is 4. The zero-order valence-corrected chi connectivity index (χ0v) is 15.5. The quantitative estimate of drug-likeness (QED) is 0.635. The summed E-state index contributed by atoms with van der Waals surface area (Å²) in [6.45, 7) is 0.0881. The van der Waals surface area contributed by atoms with Crippen molar-refractivity contribution >= 4 is 40.1 Å². The highest BCUT2D eigenvalue weighted by Crippen LogP contribution is 2.27. The van der Waals surface area contributed by atoms with Gasteiger partial charge in [-0.1, -0.05) is 41.4 Å². The first-order valence-corrected chi connectivity index (χ1v) is 8.68. The summed E-state index contributed by atoms with van der Waals surface area (Å²) in [6.07, 6.45) is -0.398. The van der Waals surface area contributed by atoms with E-state index in [0.29, 0.717) is 21.6 Å². The van der Waals surface area contributed by atoms with Crippen molar-refractivity contribution in [1.29, 1.82) is 0 Å². The molecule has 1 atom stereocenters. The third kappa shape index (κ3) is 4.49. The number of halogens is 2. The Kier molecular flexibility index (Phi) is 6.04. The van der Waals surface area contributed by atoms with Gasteiger partial charge in [0.2, 0.25) is 0 Å². The number of fused-ring (bicyclic) bond motifs is 1. The fraction of sp³-hybridized carbons (Fsp3) is 0.211. The van der Waals surface area contributed by atoms with Crippen molar-refractivity contribution in [3.8, 4) is 5.75 Å². The highest BCUT2D eigenvalue weighted by atomic mass is 35.5. The summed E-state index contributed by atoms with van der Waals surface area (Å²) in [5.41, 5.74) is 0.775. The minimum absolute atomic E-state index is 0.169. The van der Waals surface area contributed by atoms with Gasteiger partial charge in [0.15, 0.2) is 6.61 Å². The minimum atomic E-state index is -0.398. The van der Waals surface area contributed by atoms with Crippen molar-refractivity contribution in [2.45, 2.75) is 6.10 Å². The molecule has 0 saturated carbocycles. The summed E-state index contributed by atoms with van der Waals surface area (Å²) in [5.74, 6) is 0.747. The van der Waals surface area contributed by atoms with Crippen LogP contribution >= 0.6 is 23.2 Å². The van der Waals surface area contributed by atoms with Crippen LogP contribution in [-0.4, -0.2) is 26.2 Å². The fourth-order valence-corrected chi connectivity index (χ4v) is 2.92. The zero-order chi connectivity index (χ0) is 18.5. The van der Waals surface area contributed by atoms with Gasteiger partial charge in [-0.25, -0.2) is 0 Å². The van der Waals surface area contributed by atoms with Crippen LogP contribution in [0.4, 0.5) is 0 Å². The van der Waals surface area contributed by atoms with E-state index in [1.54, 1.807) is 25.3 Å². The Morgan fingerprint density at radius 3 is 2.73 bits per heavy atom. The van der Waals surface area contributed by atoms with Crippen molar-refractivity contribution < 1.29 is 18.7 Å². The lowest BCUT2D eigenvalue weighted by Crippen LogP contribution is -2.32. The molecule has 0 aliphatic heterocycles. The molecule has 0 bridgehead atoms. The van der Waals surface area contributed by atoms with Crippen LogP contribution in [0.3, 0.4) is 0 Å². The third-order valence-corrected chi connectivity index (χ3v) is 4.31. The number of amides is 1. The molecule has 0 saturated heterocycles. The van der Waals surface area contributed by atoms with Crippen LogP contribution in [0.2, 0.25) is 10.0 Å². The van der Waals surface area contributed by atoms with Gasteiger partial charge in [-0.3, -0.25) is 4.79 Å². The second kappa shape index (κ2) is 8.45. The molecule has 5 nitrogen and oxygen atoms in total. The Bertz CT molecular complexity index is 876. The van der Waals surface area contributed by atoms with Crippen molar-refractivity contribution in [2.24, 2.45) is 0 Å². The average Bonchev–Trinajstić information content (AvgIpc) is 3.05. The van der Waals surface area contributed by atoms with Crippen LogP contribution in [0, 0.1) is 0 Å². The molecule has 3 rings (SSSR count). The van der Waals surface area contributed by atoms with E-state index in [1.807, 2.05) is 30.3 Å². The van der Waals surface area contributed by atoms with E-state index in [-0.39, 0.29) is 19.1 Å². The van der Waals surface area contributed by atoms with Crippen molar-refractivity contribution in [3.63, 3.8) is 0 Å². The number of rotatable bonds is 7. The number of benzene rings is 2. The first-order chi connectivity index (χ1) is 12.6. The third-order valence-electron chi connectivity index (χ3n) is 3.78. The van der Waals surface area contributed by atoms with E-state index in [4.69, 9.17) is 37.1 Å². The summed E-state index contributed by atoms with van der Waals surface area (Å²) >= 11 is 11.8. The molecule has 3 aromatic rings. The lowest BCUT2D eigenvalue weighted by atomic mass is 10.2. The van der Waals surface area contributed by atoms with Crippen molar-refractivity contribution in [2.75, 3.05) is 20.3 Å². The Hall–Kier alpha value is -2.21. The highest BCUT2D eigenvalue weighted by molar-refractivity contribution is 6.35. The number of nitrogens with one attached hydrogen (secondary N) is 1. The smallest absolute Gasteiger partial charge is 0.258 e. The number of methoxy groups -OCH3 is 1. The molecule has 0 aliphatic carbocycles. The summed E-state index contributed by atoms with van der Waals surface area (Å²) in [6, 6.07) is 14.4. The van der Waals surface area contributed by atoms with Gasteiger partial charge in [-0.2, -0.15) is 0 Å². The first kappa shape index (κ1) is 18.6. The number of furan rings is 1. The van der Waals surface area contributed by atoms with Crippen molar-refractivity contribution in [3.05, 3.63) is 64.3 Å². The number of carbonyl (C=O) groups is 1. The largest absolute Gasteiger partial charge is 0.482 e. The monoisotopic (exact) mass is 393 g/mol. The lowest BCUT2D eigenvalue weighted by molar-refractivity contribution is -0.123. The van der Waals surface area contributed by atoms with Gasteiger partial charge in [-0.05, 0) is 30.3 Å². The van der Waals surface area contributed by atoms with Crippen LogP contribution < -0.4 is 10.1 Å². The molecule has 1 aromatic heterocycles. The molecule has 2 aromatic carbocycles. The molecule has 0 aliphatic rings. The maximum Gasteiger partial charge on any atom is 0.258 e. The highest BCUT2D eigenvalue weighted by Gasteiger charge is 2.17. The van der Waals surface area contributed by atoms with E-state index in [1.165, 1.54) is 0 Å². The Morgan fingerprint density at radius 2 is 2.00 bits per heavy atom. The van der Waals surface area contributed by atoms with E-state index in [9.17, 15) is 4.79 Å². The molecule has 1 heterocycles. The van der Waals surface area contributed by atoms with Crippen LogP contribution in [0.5, 0.6) is 5.75 Å². The van der Waals surface area contributed by atoms with Gasteiger partial charge >= 0.3 is 0 Å². The number of ether oxygens (including phenoxy) is 2. The molecule has 0 spiro atoms. The molecule has 0 radical (unpaired) electrons. The number of para-hydroxylation sites is 1. The van der Waals surface area contributed by atoms with Gasteiger partial charge in [0.1, 0.15) is 23.2 Å². The maximum absolute atomic E-state index is 12.0. The molecule has 7 heteroatoms. The Morgan fingerprint density at radius 1 is 1.19 bits per heavy atom. The van der Waals surface area contributed by atoms with E-state index in [0.717, 1.165) is 11.0 Å². The molecular weight excluding hydrogens is 377 g/mol. The molecular formula is C19H17Cl2NO4. The summed E-state index contributed by atoms with van der Waals surface area (Å²) < 4.78 is 16.6. The molecule has 26 heavy (non-hydrogen) atoms. The molecule has 0 fully saturated rings. The molecule has 1 amide bonds. The molecule has 0 unspecified atom stereocenters. The minimum Gasteiger partial charge on any atom is -0.482 e. The van der Waals surface area contributed by atoms with E-state index < -0.39 is 6.10 Å². The van der Waals surface area contributed by atoms with Gasteiger partial charge < -0.3 is 19.2 Å². The standard InChI is InChI=1S/C19H17Cl2NO4/c1-24-18(17-8-12-4-2-3-5-15(12)26-17)10-22-19(23)11-25-16-7-6-13(20)9-14(16)21/h2-9,18H,10-11H2,1H3,(H,22,23)/t18-/m0/s1.